The molecule has 0 aliphatic carbocycles. The highest BCUT2D eigenvalue weighted by Crippen LogP contribution is 2.50. The molecule has 0 saturated carbocycles. The zero-order chi connectivity index (χ0) is 25.9. The molecule has 0 spiro atoms. The molecule has 5 aromatic carbocycles. The number of aromatic nitrogens is 2. The van der Waals surface area contributed by atoms with Crippen LogP contribution in [0.3, 0.4) is 0 Å². The van der Waals surface area contributed by atoms with Crippen molar-refractivity contribution in [2.45, 2.75) is 12.7 Å². The third kappa shape index (κ3) is 1.89. The first kappa shape index (κ1) is 19.7. The second-order valence-electron chi connectivity index (χ2n) is 11.2. The first-order valence-electron chi connectivity index (χ1n) is 13.7. The first-order valence-corrected chi connectivity index (χ1v) is 13.7. The summed E-state index contributed by atoms with van der Waals surface area (Å²) in [5.74, 6) is 3.15. The fourth-order valence-corrected chi connectivity index (χ4v) is 7.73. The summed E-state index contributed by atoms with van der Waals surface area (Å²) in [6.45, 7) is 2.30. The molecule has 0 fully saturated rings. The predicted molar refractivity (Wildman–Crippen MR) is 157 cm³/mol. The van der Waals surface area contributed by atoms with Crippen LogP contribution in [-0.2, 0) is 5.79 Å². The van der Waals surface area contributed by atoms with E-state index < -0.39 is 5.79 Å². The average molecular weight is 512 g/mol. The van der Waals surface area contributed by atoms with Crippen molar-refractivity contribution in [3.8, 4) is 0 Å². The molecule has 0 unspecified atom stereocenters. The van der Waals surface area contributed by atoms with Crippen LogP contribution >= 0.6 is 0 Å². The lowest BCUT2D eigenvalue weighted by molar-refractivity contribution is -0.550. The standard InChI is InChI=1S/C34H19N6/c1-34-38-28-22-12-6-7-13-23(22)29(38)36-32-27-21-11-5-3-9-19(21)15-17-25(27)31(40(32)34)37-33-26-20-10-4-2-8-18(20)14-16-24(26)30(35-28)39(33)34/h2-17H,1H3/q+1/t34-/m1/s1. The summed E-state index contributed by atoms with van der Waals surface area (Å²) >= 11 is 0. The Morgan fingerprint density at radius 3 is 2.02 bits per heavy atom. The van der Waals surface area contributed by atoms with E-state index in [1.165, 1.54) is 21.5 Å². The molecule has 0 N–H and O–H groups in total. The summed E-state index contributed by atoms with van der Waals surface area (Å²) in [5, 5.41) is 9.36. The molecule has 11 rings (SSSR count). The molecular formula is C34H19N6+. The summed E-state index contributed by atoms with van der Waals surface area (Å²) < 4.78 is 7.04. The Morgan fingerprint density at radius 2 is 1.23 bits per heavy atom. The third-order valence-corrected chi connectivity index (χ3v) is 9.37. The van der Waals surface area contributed by atoms with E-state index in [4.69, 9.17) is 15.0 Å². The Bertz CT molecular complexity index is 2610. The van der Waals surface area contributed by atoms with Crippen LogP contribution in [0.5, 0.6) is 0 Å². The van der Waals surface area contributed by atoms with Crippen molar-refractivity contribution >= 4 is 66.4 Å². The van der Waals surface area contributed by atoms with Gasteiger partial charge in [0.05, 0.1) is 16.5 Å². The molecule has 7 aromatic rings. The molecule has 6 heterocycles. The number of benzene rings is 5. The molecule has 0 amide bonds. The van der Waals surface area contributed by atoms with Crippen molar-refractivity contribution in [1.82, 2.24) is 9.13 Å². The van der Waals surface area contributed by atoms with E-state index in [1.807, 2.05) is 0 Å². The number of fused-ring (bicyclic) bond motifs is 13. The van der Waals surface area contributed by atoms with Gasteiger partial charge in [0, 0.05) is 23.1 Å². The molecule has 184 valence electrons. The van der Waals surface area contributed by atoms with E-state index in [2.05, 4.69) is 118 Å². The Morgan fingerprint density at radius 1 is 0.550 bits per heavy atom. The maximum absolute atomic E-state index is 5.49. The van der Waals surface area contributed by atoms with Crippen LogP contribution < -0.4 is 11.0 Å². The van der Waals surface area contributed by atoms with Crippen molar-refractivity contribution in [3.05, 3.63) is 119 Å². The minimum absolute atomic E-state index is 0.648. The maximum atomic E-state index is 5.49. The molecule has 0 radical (unpaired) electrons. The lowest BCUT2D eigenvalue weighted by Crippen LogP contribution is -2.62. The van der Waals surface area contributed by atoms with E-state index in [0.717, 1.165) is 67.0 Å². The topological polar surface area (TPSA) is 49.9 Å². The number of nitrogens with zero attached hydrogens (tertiary/aromatic N) is 6. The van der Waals surface area contributed by atoms with Gasteiger partial charge in [0.25, 0.3) is 17.5 Å². The molecule has 6 nitrogen and oxygen atoms in total. The molecule has 6 heteroatoms. The first-order chi connectivity index (χ1) is 19.7. The molecule has 0 bridgehead atoms. The van der Waals surface area contributed by atoms with Crippen LogP contribution in [0.1, 0.15) is 18.1 Å². The summed E-state index contributed by atoms with van der Waals surface area (Å²) in [6, 6.07) is 34.6. The summed E-state index contributed by atoms with van der Waals surface area (Å²) in [5.41, 5.74) is 4.14. The van der Waals surface area contributed by atoms with E-state index in [9.17, 15) is 0 Å². The highest BCUT2D eigenvalue weighted by atomic mass is 15.6. The lowest BCUT2D eigenvalue weighted by atomic mass is 10.0. The van der Waals surface area contributed by atoms with Crippen molar-refractivity contribution in [1.29, 1.82) is 0 Å². The van der Waals surface area contributed by atoms with Crippen molar-refractivity contribution in [2.75, 3.05) is 0 Å². The zero-order valence-electron chi connectivity index (χ0n) is 21.4. The van der Waals surface area contributed by atoms with Gasteiger partial charge >= 0.3 is 0 Å². The summed E-state index contributed by atoms with van der Waals surface area (Å²) in [4.78, 5) is 16.3. The van der Waals surface area contributed by atoms with Gasteiger partial charge in [-0.25, -0.2) is 14.1 Å². The van der Waals surface area contributed by atoms with E-state index in [1.54, 1.807) is 0 Å². The predicted octanol–water partition coefficient (Wildman–Crippen LogP) is 5.84. The van der Waals surface area contributed by atoms with Gasteiger partial charge in [-0.1, -0.05) is 82.8 Å². The van der Waals surface area contributed by atoms with Crippen molar-refractivity contribution < 1.29 is 4.58 Å². The fourth-order valence-electron chi connectivity index (χ4n) is 7.73. The molecule has 4 aliphatic heterocycles. The molecule has 40 heavy (non-hydrogen) atoms. The van der Waals surface area contributed by atoms with Crippen LogP contribution in [-0.4, -0.2) is 25.4 Å². The van der Waals surface area contributed by atoms with Crippen LogP contribution in [0.2, 0.25) is 0 Å². The SMILES string of the molecule is C[C@@]12n3c4c5ccc6ccccc6c5c3N=c3c5ccc6ccccc6c5c(n31)=NC1=[N+]2C(=N4)c2ccccc21. The van der Waals surface area contributed by atoms with Crippen LogP contribution in [0.15, 0.2) is 112 Å². The fraction of sp³-hybridized carbons (Fsp3) is 0.0588. The second-order valence-corrected chi connectivity index (χ2v) is 11.2. The number of amidine groups is 2. The van der Waals surface area contributed by atoms with Gasteiger partial charge in [-0.2, -0.15) is 4.58 Å². The largest absolute Gasteiger partial charge is 0.277 e. The highest BCUT2D eigenvalue weighted by Gasteiger charge is 2.57. The Balaban J connectivity index is 1.48. The zero-order valence-corrected chi connectivity index (χ0v) is 21.4. The van der Waals surface area contributed by atoms with E-state index in [0.29, 0.717) is 0 Å². The monoisotopic (exact) mass is 511 g/mol. The Kier molecular flexibility index (Phi) is 3.00. The van der Waals surface area contributed by atoms with E-state index in [-0.39, 0.29) is 0 Å². The lowest BCUT2D eigenvalue weighted by Gasteiger charge is -2.38. The van der Waals surface area contributed by atoms with Crippen molar-refractivity contribution in [2.24, 2.45) is 15.0 Å². The van der Waals surface area contributed by atoms with Gasteiger partial charge in [0.15, 0.2) is 5.82 Å². The number of aliphatic imine (C=N–C) groups is 1. The molecule has 1 atom stereocenters. The number of hydrogen-bond donors (Lipinski definition) is 0. The number of rotatable bonds is 0. The van der Waals surface area contributed by atoms with Gasteiger partial charge in [0.2, 0.25) is 11.3 Å². The van der Waals surface area contributed by atoms with Gasteiger partial charge in [-0.3, -0.25) is 0 Å². The Labute approximate surface area is 226 Å². The van der Waals surface area contributed by atoms with E-state index >= 15 is 0 Å². The third-order valence-electron chi connectivity index (χ3n) is 9.37. The Hall–Kier alpha value is -5.36. The van der Waals surface area contributed by atoms with Gasteiger partial charge in [-0.15, -0.1) is 0 Å². The highest BCUT2D eigenvalue weighted by molar-refractivity contribution is 6.20. The molecular weight excluding hydrogens is 492 g/mol. The minimum atomic E-state index is -0.648. The normalized spacial score (nSPS) is 19.2. The van der Waals surface area contributed by atoms with Crippen LogP contribution in [0.4, 0.5) is 11.6 Å². The summed E-state index contributed by atoms with van der Waals surface area (Å²) in [6.07, 6.45) is 0. The number of hydrogen-bond acceptors (Lipinski definition) is 3. The maximum Gasteiger partial charge on any atom is 0.277 e. The smallest absolute Gasteiger partial charge is 0.240 e. The van der Waals surface area contributed by atoms with Gasteiger partial charge in [0.1, 0.15) is 5.49 Å². The summed E-state index contributed by atoms with van der Waals surface area (Å²) in [7, 11) is 0. The molecule has 4 aliphatic rings. The molecule has 2 aromatic heterocycles. The van der Waals surface area contributed by atoms with Gasteiger partial charge < -0.3 is 0 Å². The second kappa shape index (κ2) is 6.10. The minimum Gasteiger partial charge on any atom is -0.240 e. The van der Waals surface area contributed by atoms with Gasteiger partial charge in [-0.05, 0) is 45.8 Å². The quantitative estimate of drug-likeness (QED) is 0.230. The average Bonchev–Trinajstić information content (AvgIpc) is 3.63. The van der Waals surface area contributed by atoms with Crippen LogP contribution in [0, 0.1) is 0 Å². The van der Waals surface area contributed by atoms with Crippen LogP contribution in [0.25, 0.3) is 43.1 Å². The molecule has 0 saturated heterocycles. The van der Waals surface area contributed by atoms with Crippen molar-refractivity contribution in [3.63, 3.8) is 0 Å².